The molecule has 1 aromatic heterocycles. The number of hydrogen-bond acceptors (Lipinski definition) is 3. The van der Waals surface area contributed by atoms with E-state index in [0.717, 1.165) is 38.1 Å². The first-order valence-electron chi connectivity index (χ1n) is 8.19. The van der Waals surface area contributed by atoms with Crippen molar-refractivity contribution in [3.8, 4) is 0 Å². The molecule has 1 saturated heterocycles. The van der Waals surface area contributed by atoms with Crippen molar-refractivity contribution in [2.45, 2.75) is 32.3 Å². The second-order valence-corrected chi connectivity index (χ2v) is 6.06. The van der Waals surface area contributed by atoms with Gasteiger partial charge in [0.1, 0.15) is 5.69 Å². The number of carbonyl (C=O) groups is 1. The summed E-state index contributed by atoms with van der Waals surface area (Å²) in [4.78, 5) is 14.1. The smallest absolute Gasteiger partial charge is 0.274 e. The summed E-state index contributed by atoms with van der Waals surface area (Å²) in [6, 6.07) is 12.2. The number of rotatable bonds is 6. The lowest BCUT2D eigenvalue weighted by Crippen LogP contribution is -2.30. The highest BCUT2D eigenvalue weighted by Crippen LogP contribution is 2.16. The van der Waals surface area contributed by atoms with E-state index in [4.69, 9.17) is 4.74 Å². The molecular formula is C18H23N3O2. The lowest BCUT2D eigenvalue weighted by atomic mass is 10.1. The van der Waals surface area contributed by atoms with Crippen LogP contribution in [0.25, 0.3) is 0 Å². The maximum atomic E-state index is 12.3. The monoisotopic (exact) mass is 313 g/mol. The highest BCUT2D eigenvalue weighted by molar-refractivity contribution is 5.92. The van der Waals surface area contributed by atoms with Crippen molar-refractivity contribution in [1.82, 2.24) is 15.1 Å². The zero-order chi connectivity index (χ0) is 16.1. The van der Waals surface area contributed by atoms with Crippen molar-refractivity contribution >= 4 is 5.91 Å². The first kappa shape index (κ1) is 15.7. The van der Waals surface area contributed by atoms with Crippen molar-refractivity contribution in [3.05, 3.63) is 53.3 Å². The molecule has 5 heteroatoms. The predicted molar refractivity (Wildman–Crippen MR) is 88.3 cm³/mol. The van der Waals surface area contributed by atoms with Crippen LogP contribution in [0.3, 0.4) is 0 Å². The second-order valence-electron chi connectivity index (χ2n) is 6.06. The Hall–Kier alpha value is -2.14. The van der Waals surface area contributed by atoms with E-state index in [0.29, 0.717) is 12.2 Å². The molecule has 0 unspecified atom stereocenters. The average Bonchev–Trinajstić information content (AvgIpc) is 3.21. The Labute approximate surface area is 136 Å². The Morgan fingerprint density at radius 3 is 2.96 bits per heavy atom. The standard InChI is InChI=1S/C18H23N3O2/c1-14-12-17(20-19-14)18(22)21-10-9-16(13-21)23-11-5-8-15-6-3-2-4-7-15/h2-4,6-7,12,16H,5,8-11,13H2,1H3,(H,19,20)/t16-/m1/s1. The van der Waals surface area contributed by atoms with Gasteiger partial charge in [-0.05, 0) is 37.8 Å². The number of aryl methyl sites for hydroxylation is 2. The fourth-order valence-electron chi connectivity index (χ4n) is 2.91. The zero-order valence-electron chi connectivity index (χ0n) is 13.5. The molecule has 1 aliphatic heterocycles. The van der Waals surface area contributed by atoms with Gasteiger partial charge in [0, 0.05) is 25.4 Å². The number of hydrogen-bond donors (Lipinski definition) is 1. The number of aromatic nitrogens is 2. The van der Waals surface area contributed by atoms with Gasteiger partial charge < -0.3 is 9.64 Å². The molecule has 1 aromatic carbocycles. The summed E-state index contributed by atoms with van der Waals surface area (Å²) in [7, 11) is 0. The third kappa shape index (κ3) is 4.20. The highest BCUT2D eigenvalue weighted by Gasteiger charge is 2.28. The molecule has 2 heterocycles. The molecule has 0 saturated carbocycles. The van der Waals surface area contributed by atoms with E-state index in [9.17, 15) is 4.79 Å². The molecule has 3 rings (SSSR count). The molecule has 1 fully saturated rings. The number of carbonyl (C=O) groups excluding carboxylic acids is 1. The van der Waals surface area contributed by atoms with Crippen LogP contribution in [0.2, 0.25) is 0 Å². The summed E-state index contributed by atoms with van der Waals surface area (Å²) >= 11 is 0. The van der Waals surface area contributed by atoms with Gasteiger partial charge in [-0.1, -0.05) is 30.3 Å². The number of benzene rings is 1. The Morgan fingerprint density at radius 2 is 2.22 bits per heavy atom. The Bertz CT molecular complexity index is 639. The van der Waals surface area contributed by atoms with Crippen LogP contribution < -0.4 is 0 Å². The average molecular weight is 313 g/mol. The predicted octanol–water partition coefficient (Wildman–Crippen LogP) is 2.58. The van der Waals surface area contributed by atoms with Crippen LogP contribution in [0.1, 0.15) is 34.6 Å². The van der Waals surface area contributed by atoms with Gasteiger partial charge >= 0.3 is 0 Å². The first-order chi connectivity index (χ1) is 11.2. The van der Waals surface area contributed by atoms with Crippen molar-refractivity contribution in [2.75, 3.05) is 19.7 Å². The summed E-state index contributed by atoms with van der Waals surface area (Å²) in [5.74, 6) is -0.00950. The first-order valence-corrected chi connectivity index (χ1v) is 8.19. The minimum absolute atomic E-state index is 0.00950. The summed E-state index contributed by atoms with van der Waals surface area (Å²) in [5, 5.41) is 6.85. The van der Waals surface area contributed by atoms with Crippen LogP contribution in [-0.2, 0) is 11.2 Å². The minimum Gasteiger partial charge on any atom is -0.376 e. The van der Waals surface area contributed by atoms with Gasteiger partial charge in [-0.25, -0.2) is 0 Å². The van der Waals surface area contributed by atoms with Gasteiger partial charge in [-0.15, -0.1) is 0 Å². The van der Waals surface area contributed by atoms with E-state index >= 15 is 0 Å². The van der Waals surface area contributed by atoms with E-state index in [1.807, 2.05) is 17.9 Å². The number of aromatic amines is 1. The van der Waals surface area contributed by atoms with Crippen LogP contribution >= 0.6 is 0 Å². The summed E-state index contributed by atoms with van der Waals surface area (Å²) < 4.78 is 5.92. The highest BCUT2D eigenvalue weighted by atomic mass is 16.5. The molecule has 1 aliphatic rings. The zero-order valence-corrected chi connectivity index (χ0v) is 13.5. The van der Waals surface area contributed by atoms with E-state index in [1.165, 1.54) is 5.56 Å². The summed E-state index contributed by atoms with van der Waals surface area (Å²) in [6.07, 6.45) is 3.09. The number of H-pyrrole nitrogens is 1. The van der Waals surface area contributed by atoms with Gasteiger partial charge in [-0.3, -0.25) is 9.89 Å². The lowest BCUT2D eigenvalue weighted by molar-refractivity contribution is 0.0523. The van der Waals surface area contributed by atoms with Crippen LogP contribution in [0.4, 0.5) is 0 Å². The van der Waals surface area contributed by atoms with Crippen LogP contribution in [0.5, 0.6) is 0 Å². The molecule has 1 N–H and O–H groups in total. The Kier molecular flexibility index (Phi) is 5.08. The summed E-state index contributed by atoms with van der Waals surface area (Å²) in [6.45, 7) is 4.04. The largest absolute Gasteiger partial charge is 0.376 e. The number of likely N-dealkylation sites (tertiary alicyclic amines) is 1. The molecule has 23 heavy (non-hydrogen) atoms. The van der Waals surface area contributed by atoms with Gasteiger partial charge in [0.05, 0.1) is 6.10 Å². The molecule has 0 bridgehead atoms. The van der Waals surface area contributed by atoms with E-state index < -0.39 is 0 Å². The molecular weight excluding hydrogens is 290 g/mol. The van der Waals surface area contributed by atoms with Crippen LogP contribution in [-0.4, -0.2) is 46.8 Å². The van der Waals surface area contributed by atoms with E-state index in [2.05, 4.69) is 34.5 Å². The van der Waals surface area contributed by atoms with Crippen LogP contribution in [0, 0.1) is 6.92 Å². The Balaban J connectivity index is 1.39. The SMILES string of the molecule is Cc1cc(C(=O)N2CC[C@@H](OCCCc3ccccc3)C2)n[nH]1. The van der Waals surface area contributed by atoms with Gasteiger partial charge in [0.25, 0.3) is 5.91 Å². The molecule has 0 spiro atoms. The molecule has 0 aliphatic carbocycles. The van der Waals surface area contributed by atoms with Gasteiger partial charge in [0.15, 0.2) is 0 Å². The van der Waals surface area contributed by atoms with Crippen molar-refractivity contribution < 1.29 is 9.53 Å². The lowest BCUT2D eigenvalue weighted by Gasteiger charge is -2.15. The maximum absolute atomic E-state index is 12.3. The van der Waals surface area contributed by atoms with Gasteiger partial charge in [-0.2, -0.15) is 5.10 Å². The normalized spacial score (nSPS) is 17.6. The third-order valence-electron chi connectivity index (χ3n) is 4.16. The van der Waals surface area contributed by atoms with E-state index in [-0.39, 0.29) is 12.0 Å². The fourth-order valence-corrected chi connectivity index (χ4v) is 2.91. The Morgan fingerprint density at radius 1 is 1.39 bits per heavy atom. The molecule has 2 aromatic rings. The fraction of sp³-hybridized carbons (Fsp3) is 0.444. The quantitative estimate of drug-likeness (QED) is 0.834. The molecule has 5 nitrogen and oxygen atoms in total. The third-order valence-corrected chi connectivity index (χ3v) is 4.16. The van der Waals surface area contributed by atoms with Crippen molar-refractivity contribution in [2.24, 2.45) is 0 Å². The number of nitrogens with zero attached hydrogens (tertiary/aromatic N) is 2. The second kappa shape index (κ2) is 7.42. The molecule has 1 atom stereocenters. The molecule has 0 radical (unpaired) electrons. The van der Waals surface area contributed by atoms with Gasteiger partial charge in [0.2, 0.25) is 0 Å². The number of ether oxygens (including phenoxy) is 1. The summed E-state index contributed by atoms with van der Waals surface area (Å²) in [5.41, 5.74) is 2.74. The van der Waals surface area contributed by atoms with Crippen LogP contribution in [0.15, 0.2) is 36.4 Å². The topological polar surface area (TPSA) is 58.2 Å². The number of nitrogens with one attached hydrogen (secondary N) is 1. The molecule has 1 amide bonds. The van der Waals surface area contributed by atoms with Crippen molar-refractivity contribution in [1.29, 1.82) is 0 Å². The number of amides is 1. The van der Waals surface area contributed by atoms with Crippen molar-refractivity contribution in [3.63, 3.8) is 0 Å². The maximum Gasteiger partial charge on any atom is 0.274 e. The van der Waals surface area contributed by atoms with E-state index in [1.54, 1.807) is 6.07 Å². The molecule has 122 valence electrons. The minimum atomic E-state index is -0.00950.